The van der Waals surface area contributed by atoms with E-state index in [-0.39, 0.29) is 29.3 Å². The molecule has 0 aliphatic heterocycles. The van der Waals surface area contributed by atoms with Crippen molar-refractivity contribution in [2.75, 3.05) is 38.0 Å². The van der Waals surface area contributed by atoms with E-state index < -0.39 is 42.4 Å². The second-order valence-corrected chi connectivity index (χ2v) is 10.6. The van der Waals surface area contributed by atoms with Gasteiger partial charge in [0.1, 0.15) is 16.6 Å². The Morgan fingerprint density at radius 1 is 0.976 bits per heavy atom. The van der Waals surface area contributed by atoms with Gasteiger partial charge in [0.15, 0.2) is 0 Å². The van der Waals surface area contributed by atoms with Gasteiger partial charge in [-0.05, 0) is 64.7 Å². The summed E-state index contributed by atoms with van der Waals surface area (Å²) in [6.07, 6.45) is -1.43. The Morgan fingerprint density at radius 3 is 2.17 bits per heavy atom. The van der Waals surface area contributed by atoms with Gasteiger partial charge in [0.25, 0.3) is 0 Å². The molecular formula is C29H34F2N4O6S. The zero-order valence-corrected chi connectivity index (χ0v) is 25.1. The normalized spacial score (nSPS) is 11.0. The number of nitrogens with zero attached hydrogens (tertiary/aromatic N) is 2. The first kappa shape index (κ1) is 32.4. The fraction of sp³-hybridized carbons (Fsp3) is 0.345. The summed E-state index contributed by atoms with van der Waals surface area (Å²) >= 11 is 1.09. The topological polar surface area (TPSA) is 109 Å². The SMILES string of the molecule is CCOC(=O)c1c(N(Cc2c(F)cccc2F)C(=O)OC(C)C)sc(-c2ccc(NC(=O)NOC)cc2)c1CN(C)C. The molecule has 0 radical (unpaired) electrons. The third-order valence-corrected chi connectivity index (χ3v) is 7.03. The molecule has 3 amide bonds. The van der Waals surface area contributed by atoms with Crippen molar-refractivity contribution >= 4 is 40.1 Å². The molecule has 0 aliphatic rings. The molecule has 42 heavy (non-hydrogen) atoms. The van der Waals surface area contributed by atoms with E-state index >= 15 is 0 Å². The number of nitrogens with one attached hydrogen (secondary N) is 2. The molecular weight excluding hydrogens is 570 g/mol. The van der Waals surface area contributed by atoms with Crippen molar-refractivity contribution in [3.8, 4) is 10.4 Å². The van der Waals surface area contributed by atoms with Gasteiger partial charge in [-0.15, -0.1) is 11.3 Å². The van der Waals surface area contributed by atoms with Crippen LogP contribution in [0.5, 0.6) is 0 Å². The van der Waals surface area contributed by atoms with Gasteiger partial charge < -0.3 is 19.7 Å². The predicted octanol–water partition coefficient (Wildman–Crippen LogP) is 6.17. The lowest BCUT2D eigenvalue weighted by atomic mass is 10.0. The standard InChI is InChI=1S/C29H34F2N4O6S/c1-7-40-27(36)24-21(15-34(4)5)25(18-11-13-19(14-12-18)32-28(37)33-39-6)42-26(24)35(29(38)41-17(2)3)16-20-22(30)9-8-10-23(20)31/h8-14,17H,7,15-16H2,1-6H3,(H2,32,33,37). The quantitative estimate of drug-likeness (QED) is 0.199. The van der Waals surface area contributed by atoms with Crippen LogP contribution in [0.3, 0.4) is 0 Å². The summed E-state index contributed by atoms with van der Waals surface area (Å²) in [4.78, 5) is 46.9. The number of thiophene rings is 1. The Bertz CT molecular complexity index is 1390. The van der Waals surface area contributed by atoms with E-state index in [1.807, 2.05) is 19.0 Å². The minimum atomic E-state index is -0.883. The summed E-state index contributed by atoms with van der Waals surface area (Å²) in [6, 6.07) is 9.64. The maximum Gasteiger partial charge on any atom is 0.415 e. The molecule has 2 aromatic carbocycles. The molecule has 3 aromatic rings. The smallest absolute Gasteiger partial charge is 0.415 e. The average molecular weight is 605 g/mol. The van der Waals surface area contributed by atoms with Crippen molar-refractivity contribution in [1.82, 2.24) is 10.4 Å². The summed E-state index contributed by atoms with van der Waals surface area (Å²) in [5.74, 6) is -2.39. The van der Waals surface area contributed by atoms with Crippen LogP contribution in [0.15, 0.2) is 42.5 Å². The molecule has 0 unspecified atom stereocenters. The predicted molar refractivity (Wildman–Crippen MR) is 156 cm³/mol. The third kappa shape index (κ3) is 8.02. The first-order valence-corrected chi connectivity index (χ1v) is 13.9. The summed E-state index contributed by atoms with van der Waals surface area (Å²) in [5.41, 5.74) is 3.58. The maximum absolute atomic E-state index is 14.8. The van der Waals surface area contributed by atoms with Crippen molar-refractivity contribution < 1.29 is 37.5 Å². The molecule has 3 rings (SSSR count). The molecule has 226 valence electrons. The second kappa shape index (κ2) is 14.7. The van der Waals surface area contributed by atoms with Crippen LogP contribution >= 0.6 is 11.3 Å². The maximum atomic E-state index is 14.8. The number of hydrogen-bond donors (Lipinski definition) is 2. The zero-order chi connectivity index (χ0) is 31.0. The van der Waals surface area contributed by atoms with Gasteiger partial charge in [0, 0.05) is 28.2 Å². The van der Waals surface area contributed by atoms with E-state index in [2.05, 4.69) is 15.6 Å². The van der Waals surface area contributed by atoms with Gasteiger partial charge in [-0.2, -0.15) is 0 Å². The number of rotatable bonds is 11. The Morgan fingerprint density at radius 2 is 1.62 bits per heavy atom. The number of carbonyl (C=O) groups excluding carboxylic acids is 3. The highest BCUT2D eigenvalue weighted by atomic mass is 32.1. The van der Waals surface area contributed by atoms with E-state index in [0.717, 1.165) is 28.4 Å². The second-order valence-electron chi connectivity index (χ2n) is 9.60. The highest BCUT2D eigenvalue weighted by Gasteiger charge is 2.33. The van der Waals surface area contributed by atoms with Gasteiger partial charge in [0.2, 0.25) is 0 Å². The monoisotopic (exact) mass is 604 g/mol. The van der Waals surface area contributed by atoms with Crippen LogP contribution in [-0.4, -0.2) is 56.9 Å². The van der Waals surface area contributed by atoms with Crippen molar-refractivity contribution in [3.05, 3.63) is 70.8 Å². The number of benzene rings is 2. The zero-order valence-electron chi connectivity index (χ0n) is 24.2. The van der Waals surface area contributed by atoms with E-state index in [9.17, 15) is 23.2 Å². The molecule has 10 nitrogen and oxygen atoms in total. The van der Waals surface area contributed by atoms with Gasteiger partial charge in [-0.3, -0.25) is 9.74 Å². The van der Waals surface area contributed by atoms with Crippen molar-refractivity contribution in [3.63, 3.8) is 0 Å². The van der Waals surface area contributed by atoms with Crippen molar-refractivity contribution in [2.24, 2.45) is 0 Å². The van der Waals surface area contributed by atoms with Gasteiger partial charge in [0.05, 0.1) is 31.9 Å². The molecule has 0 aliphatic carbocycles. The van der Waals surface area contributed by atoms with Crippen LogP contribution < -0.4 is 15.7 Å². The number of hydroxylamine groups is 1. The van der Waals surface area contributed by atoms with E-state index in [0.29, 0.717) is 21.7 Å². The van der Waals surface area contributed by atoms with Gasteiger partial charge in [-0.1, -0.05) is 18.2 Å². The molecule has 0 bridgehead atoms. The van der Waals surface area contributed by atoms with Crippen LogP contribution in [0.2, 0.25) is 0 Å². The lowest BCUT2D eigenvalue weighted by Crippen LogP contribution is -2.34. The average Bonchev–Trinajstić information content (AvgIpc) is 3.26. The molecule has 1 heterocycles. The fourth-order valence-electron chi connectivity index (χ4n) is 4.04. The molecule has 0 fully saturated rings. The van der Waals surface area contributed by atoms with E-state index in [4.69, 9.17) is 9.47 Å². The van der Waals surface area contributed by atoms with Crippen molar-refractivity contribution in [2.45, 2.75) is 40.0 Å². The first-order valence-electron chi connectivity index (χ1n) is 13.1. The number of anilines is 2. The highest BCUT2D eigenvalue weighted by Crippen LogP contribution is 2.44. The summed E-state index contributed by atoms with van der Waals surface area (Å²) < 4.78 is 40.4. The van der Waals surface area contributed by atoms with Crippen LogP contribution in [0, 0.1) is 11.6 Å². The summed E-state index contributed by atoms with van der Waals surface area (Å²) in [7, 11) is 4.94. The fourth-order valence-corrected chi connectivity index (χ4v) is 5.33. The van der Waals surface area contributed by atoms with E-state index in [1.54, 1.807) is 45.0 Å². The van der Waals surface area contributed by atoms with Crippen LogP contribution in [-0.2, 0) is 27.4 Å². The Hall–Kier alpha value is -4.07. The summed E-state index contributed by atoms with van der Waals surface area (Å²) in [6.45, 7) is 4.75. The number of amides is 3. The number of hydrogen-bond acceptors (Lipinski definition) is 8. The minimum Gasteiger partial charge on any atom is -0.462 e. The van der Waals surface area contributed by atoms with E-state index in [1.165, 1.54) is 13.2 Å². The number of esters is 1. The molecule has 0 atom stereocenters. The van der Waals surface area contributed by atoms with Crippen LogP contribution in [0.25, 0.3) is 10.4 Å². The largest absolute Gasteiger partial charge is 0.462 e. The number of halogens is 2. The highest BCUT2D eigenvalue weighted by molar-refractivity contribution is 7.20. The van der Waals surface area contributed by atoms with Gasteiger partial charge in [-0.25, -0.2) is 28.6 Å². The third-order valence-electron chi connectivity index (χ3n) is 5.72. The summed E-state index contributed by atoms with van der Waals surface area (Å²) in [5, 5.41) is 2.74. The van der Waals surface area contributed by atoms with Gasteiger partial charge >= 0.3 is 18.1 Å². The molecule has 13 heteroatoms. The Labute approximate surface area is 247 Å². The van der Waals surface area contributed by atoms with Crippen LogP contribution in [0.1, 0.15) is 42.3 Å². The first-order chi connectivity index (χ1) is 20.0. The lowest BCUT2D eigenvalue weighted by molar-refractivity contribution is 0.0526. The Kier molecular flexibility index (Phi) is 11.4. The minimum absolute atomic E-state index is 0.0626. The number of ether oxygens (including phenoxy) is 2. The Balaban J connectivity index is 2.24. The molecule has 0 spiro atoms. The van der Waals surface area contributed by atoms with Crippen LogP contribution in [0.4, 0.5) is 29.1 Å². The van der Waals surface area contributed by atoms with Crippen molar-refractivity contribution in [1.29, 1.82) is 0 Å². The molecule has 2 N–H and O–H groups in total. The molecule has 1 aromatic heterocycles. The molecule has 0 saturated heterocycles. The molecule has 0 saturated carbocycles. The lowest BCUT2D eigenvalue weighted by Gasteiger charge is -2.24. The number of carbonyl (C=O) groups is 3. The number of urea groups is 1.